The predicted molar refractivity (Wildman–Crippen MR) is 82.6 cm³/mol. The van der Waals surface area contributed by atoms with Crippen LogP contribution >= 0.6 is 27.5 Å². The quantitative estimate of drug-likeness (QED) is 0.661. The summed E-state index contributed by atoms with van der Waals surface area (Å²) >= 11 is 9.00. The van der Waals surface area contributed by atoms with E-state index in [4.69, 9.17) is 11.6 Å². The molecule has 1 atom stereocenters. The summed E-state index contributed by atoms with van der Waals surface area (Å²) < 4.78 is 38.2. The largest absolute Gasteiger partial charge is 0.416 e. The topological polar surface area (TPSA) is 12.0 Å². The zero-order valence-electron chi connectivity index (χ0n) is 11.0. The lowest BCUT2D eigenvalue weighted by Crippen LogP contribution is -2.09. The lowest BCUT2D eigenvalue weighted by molar-refractivity contribution is -0.137. The number of nitrogens with one attached hydrogen (secondary N) is 1. The van der Waals surface area contributed by atoms with Crippen molar-refractivity contribution in [3.05, 3.63) is 63.1 Å². The van der Waals surface area contributed by atoms with E-state index in [-0.39, 0.29) is 6.04 Å². The van der Waals surface area contributed by atoms with Crippen molar-refractivity contribution in [2.75, 3.05) is 5.32 Å². The molecule has 0 bridgehead atoms. The van der Waals surface area contributed by atoms with Gasteiger partial charge in [0.15, 0.2) is 0 Å². The van der Waals surface area contributed by atoms with E-state index in [0.29, 0.717) is 15.2 Å². The van der Waals surface area contributed by atoms with Crippen LogP contribution in [0.2, 0.25) is 5.02 Å². The molecule has 0 aromatic heterocycles. The van der Waals surface area contributed by atoms with Crippen LogP contribution in [0, 0.1) is 0 Å². The summed E-state index contributed by atoms with van der Waals surface area (Å²) in [6.07, 6.45) is -4.34. The highest BCUT2D eigenvalue weighted by atomic mass is 79.9. The number of halogens is 5. The summed E-state index contributed by atoms with van der Waals surface area (Å²) in [6, 6.07) is 10.8. The Labute approximate surface area is 134 Å². The normalized spacial score (nSPS) is 13.0. The van der Waals surface area contributed by atoms with Gasteiger partial charge in [0.2, 0.25) is 0 Å². The predicted octanol–water partition coefficient (Wildman–Crippen LogP) is 6.29. The maximum absolute atomic E-state index is 12.6. The molecule has 2 rings (SSSR count). The van der Waals surface area contributed by atoms with Crippen LogP contribution in [0.4, 0.5) is 18.9 Å². The molecule has 1 unspecified atom stereocenters. The number of benzene rings is 2. The zero-order chi connectivity index (χ0) is 15.6. The maximum Gasteiger partial charge on any atom is 0.416 e. The molecule has 1 nitrogen and oxygen atoms in total. The van der Waals surface area contributed by atoms with Crippen molar-refractivity contribution in [2.45, 2.75) is 19.1 Å². The number of anilines is 1. The zero-order valence-corrected chi connectivity index (χ0v) is 13.4. The molecule has 0 aliphatic carbocycles. The Hall–Kier alpha value is -1.20. The Morgan fingerprint density at radius 1 is 1.10 bits per heavy atom. The lowest BCUT2D eigenvalue weighted by atomic mass is 10.1. The van der Waals surface area contributed by atoms with Crippen molar-refractivity contribution in [3.63, 3.8) is 0 Å². The molecule has 0 radical (unpaired) electrons. The molecule has 0 spiro atoms. The third-order valence-electron chi connectivity index (χ3n) is 3.04. The molecule has 0 aliphatic rings. The monoisotopic (exact) mass is 377 g/mol. The number of hydrogen-bond donors (Lipinski definition) is 1. The van der Waals surface area contributed by atoms with Gasteiger partial charge >= 0.3 is 6.18 Å². The SMILES string of the molecule is CC(Nc1ccc(C(F)(F)F)cc1Br)c1ccc(Cl)cc1. The van der Waals surface area contributed by atoms with Crippen molar-refractivity contribution in [3.8, 4) is 0 Å². The minimum absolute atomic E-state index is 0.0599. The first-order valence-electron chi connectivity index (χ1n) is 6.16. The van der Waals surface area contributed by atoms with Gasteiger partial charge in [0.1, 0.15) is 0 Å². The van der Waals surface area contributed by atoms with Crippen LogP contribution in [-0.2, 0) is 6.18 Å². The summed E-state index contributed by atoms with van der Waals surface area (Å²) in [5.41, 5.74) is 0.913. The second-order valence-electron chi connectivity index (χ2n) is 4.61. The summed E-state index contributed by atoms with van der Waals surface area (Å²) in [4.78, 5) is 0. The van der Waals surface area contributed by atoms with Crippen molar-refractivity contribution < 1.29 is 13.2 Å². The van der Waals surface area contributed by atoms with E-state index in [1.54, 1.807) is 12.1 Å². The second-order valence-corrected chi connectivity index (χ2v) is 5.90. The van der Waals surface area contributed by atoms with Crippen LogP contribution in [0.3, 0.4) is 0 Å². The number of hydrogen-bond acceptors (Lipinski definition) is 1. The first-order chi connectivity index (χ1) is 9.77. The fourth-order valence-electron chi connectivity index (χ4n) is 1.88. The maximum atomic E-state index is 12.6. The van der Waals surface area contributed by atoms with Crippen molar-refractivity contribution in [1.29, 1.82) is 0 Å². The van der Waals surface area contributed by atoms with Crippen molar-refractivity contribution in [2.24, 2.45) is 0 Å². The third kappa shape index (κ3) is 4.14. The van der Waals surface area contributed by atoms with Gasteiger partial charge in [-0.3, -0.25) is 0 Å². The van der Waals surface area contributed by atoms with Crippen LogP contribution in [0.1, 0.15) is 24.1 Å². The van der Waals surface area contributed by atoms with E-state index in [1.165, 1.54) is 6.07 Å². The van der Waals surface area contributed by atoms with Crippen LogP contribution in [0.5, 0.6) is 0 Å². The smallest absolute Gasteiger partial charge is 0.378 e. The molecule has 0 saturated carbocycles. The van der Waals surface area contributed by atoms with Gasteiger partial charge in [-0.1, -0.05) is 23.7 Å². The molecule has 2 aromatic rings. The fraction of sp³-hybridized carbons (Fsp3) is 0.200. The molecule has 0 saturated heterocycles. The molecule has 0 aliphatic heterocycles. The molecular formula is C15H12BrClF3N. The average Bonchev–Trinajstić information content (AvgIpc) is 2.40. The highest BCUT2D eigenvalue weighted by Crippen LogP contribution is 2.35. The molecule has 2 aromatic carbocycles. The Kier molecular flexibility index (Phi) is 4.84. The summed E-state index contributed by atoms with van der Waals surface area (Å²) in [5, 5.41) is 3.81. The first-order valence-corrected chi connectivity index (χ1v) is 7.33. The van der Waals surface area contributed by atoms with Crippen LogP contribution in [-0.4, -0.2) is 0 Å². The van der Waals surface area contributed by atoms with Gasteiger partial charge in [-0.2, -0.15) is 13.2 Å². The van der Waals surface area contributed by atoms with Gasteiger partial charge in [0.25, 0.3) is 0 Å². The fourth-order valence-corrected chi connectivity index (χ4v) is 2.50. The van der Waals surface area contributed by atoms with E-state index in [0.717, 1.165) is 17.7 Å². The Bertz CT molecular complexity index is 626. The van der Waals surface area contributed by atoms with E-state index in [1.807, 2.05) is 19.1 Å². The second kappa shape index (κ2) is 6.28. The van der Waals surface area contributed by atoms with E-state index in [9.17, 15) is 13.2 Å². The van der Waals surface area contributed by atoms with Gasteiger partial charge in [-0.15, -0.1) is 0 Å². The highest BCUT2D eigenvalue weighted by Gasteiger charge is 2.30. The Morgan fingerprint density at radius 2 is 1.71 bits per heavy atom. The van der Waals surface area contributed by atoms with Gasteiger partial charge in [0, 0.05) is 21.2 Å². The summed E-state index contributed by atoms with van der Waals surface area (Å²) in [7, 11) is 0. The molecule has 112 valence electrons. The molecule has 0 amide bonds. The van der Waals surface area contributed by atoms with Crippen LogP contribution in [0.25, 0.3) is 0 Å². The third-order valence-corrected chi connectivity index (χ3v) is 3.95. The molecule has 0 heterocycles. The van der Waals surface area contributed by atoms with Gasteiger partial charge in [0.05, 0.1) is 5.56 Å². The number of rotatable bonds is 3. The lowest BCUT2D eigenvalue weighted by Gasteiger charge is -2.18. The van der Waals surface area contributed by atoms with Gasteiger partial charge < -0.3 is 5.32 Å². The molecule has 21 heavy (non-hydrogen) atoms. The van der Waals surface area contributed by atoms with Gasteiger partial charge in [-0.25, -0.2) is 0 Å². The van der Waals surface area contributed by atoms with E-state index < -0.39 is 11.7 Å². The van der Waals surface area contributed by atoms with Crippen molar-refractivity contribution in [1.82, 2.24) is 0 Å². The molecule has 6 heteroatoms. The highest BCUT2D eigenvalue weighted by molar-refractivity contribution is 9.10. The Morgan fingerprint density at radius 3 is 2.24 bits per heavy atom. The van der Waals surface area contributed by atoms with Crippen LogP contribution in [0.15, 0.2) is 46.9 Å². The van der Waals surface area contributed by atoms with E-state index >= 15 is 0 Å². The average molecular weight is 379 g/mol. The first kappa shape index (κ1) is 16.2. The van der Waals surface area contributed by atoms with E-state index in [2.05, 4.69) is 21.2 Å². The minimum atomic E-state index is -4.34. The van der Waals surface area contributed by atoms with Crippen molar-refractivity contribution >= 4 is 33.2 Å². The number of alkyl halides is 3. The molecule has 0 fully saturated rings. The Balaban J connectivity index is 2.18. The molecular weight excluding hydrogens is 367 g/mol. The minimum Gasteiger partial charge on any atom is -0.378 e. The van der Waals surface area contributed by atoms with Gasteiger partial charge in [-0.05, 0) is 58.7 Å². The molecule has 1 N–H and O–H groups in total. The standard InChI is InChI=1S/C15H12BrClF3N/c1-9(10-2-5-12(17)6-3-10)21-14-7-4-11(8-13(14)16)15(18,19)20/h2-9,21H,1H3. The summed E-state index contributed by atoms with van der Waals surface area (Å²) in [6.45, 7) is 1.92. The summed E-state index contributed by atoms with van der Waals surface area (Å²) in [5.74, 6) is 0. The van der Waals surface area contributed by atoms with Crippen LogP contribution < -0.4 is 5.32 Å².